The smallest absolute Gasteiger partial charge is 0.184 e. The van der Waals surface area contributed by atoms with Gasteiger partial charge in [-0.1, -0.05) is 0 Å². The third-order valence-corrected chi connectivity index (χ3v) is 1.60. The van der Waals surface area contributed by atoms with Crippen LogP contribution in [0.4, 0.5) is 0 Å². The van der Waals surface area contributed by atoms with E-state index in [0.717, 1.165) is 0 Å². The van der Waals surface area contributed by atoms with Crippen LogP contribution in [0, 0.1) is 0 Å². The van der Waals surface area contributed by atoms with Crippen LogP contribution >= 0.6 is 0 Å². The van der Waals surface area contributed by atoms with E-state index in [0.29, 0.717) is 0 Å². The average molecular weight is 165 g/mol. The Morgan fingerprint density at radius 2 is 1.91 bits per heavy atom. The summed E-state index contributed by atoms with van der Waals surface area (Å²) in [5.74, 6) is 4.71. The first-order valence-corrected chi connectivity index (χ1v) is 3.18. The van der Waals surface area contributed by atoms with Gasteiger partial charge in [0.25, 0.3) is 0 Å². The summed E-state index contributed by atoms with van der Waals surface area (Å²) < 4.78 is 4.68. The summed E-state index contributed by atoms with van der Waals surface area (Å²) in [6, 6.07) is 0. The van der Waals surface area contributed by atoms with E-state index in [4.69, 9.17) is 21.2 Å². The molecule has 6 heteroatoms. The lowest BCUT2D eigenvalue weighted by atomic mass is 10.1. The zero-order chi connectivity index (χ0) is 8.43. The van der Waals surface area contributed by atoms with Crippen LogP contribution in [0.15, 0.2) is 0 Å². The maximum absolute atomic E-state index is 9.09. The monoisotopic (exact) mass is 165 g/mol. The van der Waals surface area contributed by atoms with E-state index >= 15 is 0 Å². The Morgan fingerprint density at radius 1 is 1.27 bits per heavy atom. The van der Waals surface area contributed by atoms with Crippen molar-refractivity contribution < 1.29 is 24.9 Å². The maximum atomic E-state index is 9.09. The lowest BCUT2D eigenvalue weighted by Gasteiger charge is -2.11. The van der Waals surface area contributed by atoms with E-state index in [1.165, 1.54) is 0 Å². The van der Waals surface area contributed by atoms with Crippen molar-refractivity contribution >= 4 is 0 Å². The summed E-state index contributed by atoms with van der Waals surface area (Å²) in [5, 5.41) is 26.9. The molecule has 11 heavy (non-hydrogen) atoms. The van der Waals surface area contributed by atoms with Crippen LogP contribution in [0.25, 0.3) is 0 Å². The molecule has 0 aromatic carbocycles. The zero-order valence-electron chi connectivity index (χ0n) is 5.75. The maximum Gasteiger partial charge on any atom is 0.184 e. The Hall–Kier alpha value is -0.240. The first-order valence-electron chi connectivity index (χ1n) is 3.18. The van der Waals surface area contributed by atoms with Crippen LogP contribution in [-0.4, -0.2) is 46.5 Å². The molecular formula is C5H11NO5. The topological polar surface area (TPSA) is 105 Å². The summed E-state index contributed by atoms with van der Waals surface area (Å²) in [6.45, 7) is -0.0602. The van der Waals surface area contributed by atoms with Crippen molar-refractivity contribution in [1.82, 2.24) is 0 Å². The fraction of sp³-hybridized carbons (Fsp3) is 1.00. The van der Waals surface area contributed by atoms with Crippen LogP contribution in [-0.2, 0) is 9.57 Å². The molecule has 0 aromatic heterocycles. The molecule has 1 aliphatic rings. The van der Waals surface area contributed by atoms with E-state index in [2.05, 4.69) is 9.57 Å². The van der Waals surface area contributed by atoms with Crippen molar-refractivity contribution in [2.75, 3.05) is 6.61 Å². The summed E-state index contributed by atoms with van der Waals surface area (Å²) in [7, 11) is 0. The summed E-state index contributed by atoms with van der Waals surface area (Å²) in [4.78, 5) is 4.19. The van der Waals surface area contributed by atoms with E-state index in [-0.39, 0.29) is 6.61 Å². The van der Waals surface area contributed by atoms with Gasteiger partial charge in [-0.15, -0.1) is 0 Å². The predicted molar refractivity (Wildman–Crippen MR) is 33.0 cm³/mol. The van der Waals surface area contributed by atoms with Crippen molar-refractivity contribution in [3.8, 4) is 0 Å². The van der Waals surface area contributed by atoms with E-state index in [1.807, 2.05) is 0 Å². The van der Waals surface area contributed by atoms with Gasteiger partial charge in [0.05, 0.1) is 6.61 Å². The Morgan fingerprint density at radius 3 is 2.27 bits per heavy atom. The van der Waals surface area contributed by atoms with Crippen molar-refractivity contribution in [2.45, 2.75) is 24.6 Å². The predicted octanol–water partition coefficient (Wildman–Crippen LogP) is -2.68. The van der Waals surface area contributed by atoms with Gasteiger partial charge in [0.1, 0.15) is 18.3 Å². The highest BCUT2D eigenvalue weighted by atomic mass is 16.7. The molecule has 6 nitrogen and oxygen atoms in total. The number of aliphatic hydroxyl groups is 3. The van der Waals surface area contributed by atoms with Crippen molar-refractivity contribution in [2.24, 2.45) is 5.90 Å². The molecule has 1 heterocycles. The Balaban J connectivity index is 2.45. The van der Waals surface area contributed by atoms with Crippen molar-refractivity contribution in [3.63, 3.8) is 0 Å². The van der Waals surface area contributed by atoms with Crippen molar-refractivity contribution in [1.29, 1.82) is 0 Å². The second-order valence-electron chi connectivity index (χ2n) is 2.38. The number of nitrogens with two attached hydrogens (primary N) is 1. The highest BCUT2D eigenvalue weighted by Crippen LogP contribution is 2.18. The van der Waals surface area contributed by atoms with Gasteiger partial charge in [-0.3, -0.25) is 0 Å². The van der Waals surface area contributed by atoms with Crippen LogP contribution in [0.2, 0.25) is 0 Å². The average Bonchev–Trinajstić information content (AvgIpc) is 2.19. The highest BCUT2D eigenvalue weighted by molar-refractivity contribution is 4.85. The molecule has 5 N–H and O–H groups in total. The second kappa shape index (κ2) is 3.44. The fourth-order valence-corrected chi connectivity index (χ4v) is 0.961. The van der Waals surface area contributed by atoms with Crippen LogP contribution in [0.1, 0.15) is 0 Å². The summed E-state index contributed by atoms with van der Waals surface area (Å²) in [5.41, 5.74) is 0. The molecule has 0 amide bonds. The SMILES string of the molecule is NOC[C@H]1O[C@H](O)[C@H](O)[C@@H]1O. The Bertz CT molecular complexity index is 132. The lowest BCUT2D eigenvalue weighted by molar-refractivity contribution is -0.137. The molecule has 4 atom stereocenters. The summed E-state index contributed by atoms with van der Waals surface area (Å²) >= 11 is 0. The van der Waals surface area contributed by atoms with Gasteiger partial charge in [0.2, 0.25) is 0 Å². The van der Waals surface area contributed by atoms with E-state index < -0.39 is 24.6 Å². The molecule has 0 bridgehead atoms. The van der Waals surface area contributed by atoms with Gasteiger partial charge in [-0.2, -0.15) is 0 Å². The molecule has 0 unspecified atom stereocenters. The van der Waals surface area contributed by atoms with Gasteiger partial charge >= 0.3 is 0 Å². The molecule has 0 radical (unpaired) electrons. The Labute approximate surface area is 63.1 Å². The van der Waals surface area contributed by atoms with Gasteiger partial charge < -0.3 is 24.9 Å². The molecule has 1 aliphatic heterocycles. The fourth-order valence-electron chi connectivity index (χ4n) is 0.961. The second-order valence-corrected chi connectivity index (χ2v) is 2.38. The van der Waals surface area contributed by atoms with Crippen molar-refractivity contribution in [3.05, 3.63) is 0 Å². The quantitative estimate of drug-likeness (QED) is 0.332. The minimum Gasteiger partial charge on any atom is -0.387 e. The molecular weight excluding hydrogens is 154 g/mol. The molecule has 1 fully saturated rings. The molecule has 66 valence electrons. The van der Waals surface area contributed by atoms with Gasteiger partial charge in [0, 0.05) is 0 Å². The lowest BCUT2D eigenvalue weighted by Crippen LogP contribution is -2.34. The third-order valence-electron chi connectivity index (χ3n) is 1.60. The van der Waals surface area contributed by atoms with Gasteiger partial charge in [-0.25, -0.2) is 5.90 Å². The Kier molecular flexibility index (Phi) is 2.77. The largest absolute Gasteiger partial charge is 0.387 e. The van der Waals surface area contributed by atoms with E-state index in [1.54, 1.807) is 0 Å². The number of hydrogen-bond donors (Lipinski definition) is 4. The molecule has 1 rings (SSSR count). The number of aliphatic hydroxyl groups excluding tert-OH is 3. The standard InChI is InChI=1S/C5H11NO5/c6-10-1-2-3(7)4(8)5(9)11-2/h2-5,7-9H,1,6H2/t2-,3-,4-,5+/m1/s1. The molecule has 0 saturated carbocycles. The molecule has 0 spiro atoms. The minimum absolute atomic E-state index is 0.0602. The highest BCUT2D eigenvalue weighted by Gasteiger charge is 2.41. The summed E-state index contributed by atoms with van der Waals surface area (Å²) in [6.07, 6.45) is -4.54. The minimum atomic E-state index is -1.36. The molecule has 0 aromatic rings. The van der Waals surface area contributed by atoms with Crippen LogP contribution in [0.3, 0.4) is 0 Å². The zero-order valence-corrected chi connectivity index (χ0v) is 5.75. The van der Waals surface area contributed by atoms with Gasteiger partial charge in [-0.05, 0) is 0 Å². The van der Waals surface area contributed by atoms with Crippen LogP contribution < -0.4 is 5.90 Å². The number of ether oxygens (including phenoxy) is 1. The first-order chi connectivity index (χ1) is 5.16. The molecule has 0 aliphatic carbocycles. The normalized spacial score (nSPS) is 44.7. The number of hydrogen-bond acceptors (Lipinski definition) is 6. The third kappa shape index (κ3) is 1.67. The molecule has 1 saturated heterocycles. The number of rotatable bonds is 2. The van der Waals surface area contributed by atoms with E-state index in [9.17, 15) is 0 Å². The first kappa shape index (κ1) is 8.85. The van der Waals surface area contributed by atoms with Crippen LogP contribution in [0.5, 0.6) is 0 Å². The van der Waals surface area contributed by atoms with Gasteiger partial charge in [0.15, 0.2) is 6.29 Å².